The highest BCUT2D eigenvalue weighted by Gasteiger charge is 2.21. The van der Waals surface area contributed by atoms with Crippen LogP contribution >= 0.6 is 11.6 Å². The minimum Gasteiger partial charge on any atom is -0.337 e. The number of halogens is 1. The third-order valence-electron chi connectivity index (χ3n) is 3.23. The van der Waals surface area contributed by atoms with Crippen molar-refractivity contribution in [1.82, 2.24) is 19.7 Å². The molecule has 22 heavy (non-hydrogen) atoms. The van der Waals surface area contributed by atoms with Gasteiger partial charge in [0.25, 0.3) is 5.56 Å². The SMILES string of the molecule is CC(C)(C)c1noc(Cn2cnc3ccc(Cl)cc3c2=O)n1. The third kappa shape index (κ3) is 2.74. The van der Waals surface area contributed by atoms with Gasteiger partial charge >= 0.3 is 0 Å². The van der Waals surface area contributed by atoms with Crippen LogP contribution in [0.25, 0.3) is 10.9 Å². The minimum absolute atomic E-state index is 0.178. The quantitative estimate of drug-likeness (QED) is 0.726. The van der Waals surface area contributed by atoms with Gasteiger partial charge in [0, 0.05) is 10.4 Å². The Morgan fingerprint density at radius 3 is 2.77 bits per heavy atom. The first-order valence-corrected chi connectivity index (χ1v) is 7.20. The molecule has 0 saturated carbocycles. The van der Waals surface area contributed by atoms with Gasteiger partial charge in [-0.1, -0.05) is 37.5 Å². The van der Waals surface area contributed by atoms with Crippen molar-refractivity contribution in [3.63, 3.8) is 0 Å². The molecular weight excluding hydrogens is 304 g/mol. The highest BCUT2D eigenvalue weighted by Crippen LogP contribution is 2.19. The molecule has 0 aliphatic heterocycles. The summed E-state index contributed by atoms with van der Waals surface area (Å²) in [5.41, 5.74) is 0.205. The van der Waals surface area contributed by atoms with Crippen LogP contribution in [-0.2, 0) is 12.0 Å². The van der Waals surface area contributed by atoms with E-state index in [0.29, 0.717) is 27.6 Å². The summed E-state index contributed by atoms with van der Waals surface area (Å²) in [5, 5.41) is 4.91. The van der Waals surface area contributed by atoms with E-state index in [9.17, 15) is 4.79 Å². The van der Waals surface area contributed by atoms with Crippen LogP contribution in [0.4, 0.5) is 0 Å². The molecule has 0 bridgehead atoms. The average Bonchev–Trinajstić information content (AvgIpc) is 2.91. The number of rotatable bonds is 2. The van der Waals surface area contributed by atoms with Crippen LogP contribution in [0.3, 0.4) is 0 Å². The van der Waals surface area contributed by atoms with Crippen molar-refractivity contribution >= 4 is 22.5 Å². The van der Waals surface area contributed by atoms with Gasteiger partial charge in [0.15, 0.2) is 5.82 Å². The van der Waals surface area contributed by atoms with E-state index in [4.69, 9.17) is 16.1 Å². The molecule has 0 spiro atoms. The number of fused-ring (bicyclic) bond motifs is 1. The van der Waals surface area contributed by atoms with E-state index in [1.807, 2.05) is 20.8 Å². The second-order valence-corrected chi connectivity index (χ2v) is 6.54. The number of aromatic nitrogens is 4. The van der Waals surface area contributed by atoms with E-state index in [-0.39, 0.29) is 17.5 Å². The van der Waals surface area contributed by atoms with Crippen LogP contribution in [0.1, 0.15) is 32.5 Å². The van der Waals surface area contributed by atoms with Gasteiger partial charge in [0.2, 0.25) is 5.89 Å². The molecule has 0 aliphatic rings. The number of hydrogen-bond donors (Lipinski definition) is 0. The fourth-order valence-electron chi connectivity index (χ4n) is 2.01. The molecule has 0 atom stereocenters. The van der Waals surface area contributed by atoms with Crippen molar-refractivity contribution in [2.45, 2.75) is 32.7 Å². The molecule has 0 unspecified atom stereocenters. The van der Waals surface area contributed by atoms with Crippen LogP contribution in [0, 0.1) is 0 Å². The molecule has 0 N–H and O–H groups in total. The Morgan fingerprint density at radius 2 is 2.09 bits per heavy atom. The maximum absolute atomic E-state index is 12.5. The molecule has 3 aromatic rings. The lowest BCUT2D eigenvalue weighted by Gasteiger charge is -2.10. The Labute approximate surface area is 131 Å². The van der Waals surface area contributed by atoms with Crippen molar-refractivity contribution in [3.8, 4) is 0 Å². The smallest absolute Gasteiger partial charge is 0.261 e. The molecule has 0 saturated heterocycles. The number of benzene rings is 1. The maximum atomic E-state index is 12.5. The van der Waals surface area contributed by atoms with Crippen molar-refractivity contribution in [2.24, 2.45) is 0 Å². The van der Waals surface area contributed by atoms with Gasteiger partial charge in [0.05, 0.1) is 17.2 Å². The predicted octanol–water partition coefficient (Wildman–Crippen LogP) is 2.78. The van der Waals surface area contributed by atoms with E-state index in [2.05, 4.69) is 15.1 Å². The van der Waals surface area contributed by atoms with Crippen molar-refractivity contribution in [2.75, 3.05) is 0 Å². The lowest BCUT2D eigenvalue weighted by molar-refractivity contribution is 0.356. The van der Waals surface area contributed by atoms with Crippen molar-refractivity contribution in [3.05, 3.63) is 51.6 Å². The molecular formula is C15H15ClN4O2. The topological polar surface area (TPSA) is 73.8 Å². The Bertz CT molecular complexity index is 892. The molecule has 2 heterocycles. The van der Waals surface area contributed by atoms with Gasteiger partial charge in [-0.3, -0.25) is 9.36 Å². The van der Waals surface area contributed by atoms with Crippen LogP contribution in [0.2, 0.25) is 5.02 Å². The second kappa shape index (κ2) is 5.21. The molecule has 7 heteroatoms. The summed E-state index contributed by atoms with van der Waals surface area (Å²) in [6, 6.07) is 5.03. The zero-order chi connectivity index (χ0) is 15.9. The summed E-state index contributed by atoms with van der Waals surface area (Å²) in [6.07, 6.45) is 1.47. The summed E-state index contributed by atoms with van der Waals surface area (Å²) < 4.78 is 6.64. The fourth-order valence-corrected chi connectivity index (χ4v) is 2.19. The van der Waals surface area contributed by atoms with Crippen LogP contribution in [0.15, 0.2) is 33.8 Å². The lowest BCUT2D eigenvalue weighted by Crippen LogP contribution is -2.21. The first-order valence-electron chi connectivity index (χ1n) is 6.82. The summed E-state index contributed by atoms with van der Waals surface area (Å²) >= 11 is 5.94. The van der Waals surface area contributed by atoms with Crippen LogP contribution in [0.5, 0.6) is 0 Å². The molecule has 0 fully saturated rings. The van der Waals surface area contributed by atoms with E-state index in [0.717, 1.165) is 0 Å². The van der Waals surface area contributed by atoms with Gasteiger partial charge in [0.1, 0.15) is 6.54 Å². The molecule has 3 rings (SSSR count). The zero-order valence-corrected chi connectivity index (χ0v) is 13.3. The highest BCUT2D eigenvalue weighted by molar-refractivity contribution is 6.31. The Balaban J connectivity index is 1.99. The number of hydrogen-bond acceptors (Lipinski definition) is 5. The van der Waals surface area contributed by atoms with Gasteiger partial charge in [-0.25, -0.2) is 4.98 Å². The molecule has 0 amide bonds. The van der Waals surface area contributed by atoms with E-state index in [1.54, 1.807) is 18.2 Å². The van der Waals surface area contributed by atoms with Gasteiger partial charge in [-0.05, 0) is 18.2 Å². The third-order valence-corrected chi connectivity index (χ3v) is 3.47. The molecule has 114 valence electrons. The first-order chi connectivity index (χ1) is 10.3. The normalized spacial score (nSPS) is 12.0. The van der Waals surface area contributed by atoms with E-state index in [1.165, 1.54) is 10.9 Å². The Hall–Kier alpha value is -2.21. The zero-order valence-electron chi connectivity index (χ0n) is 12.5. The van der Waals surface area contributed by atoms with E-state index < -0.39 is 0 Å². The largest absolute Gasteiger partial charge is 0.337 e. The van der Waals surface area contributed by atoms with Crippen molar-refractivity contribution < 1.29 is 4.52 Å². The summed E-state index contributed by atoms with van der Waals surface area (Å²) in [4.78, 5) is 21.0. The molecule has 2 aromatic heterocycles. The monoisotopic (exact) mass is 318 g/mol. The molecule has 6 nitrogen and oxygen atoms in total. The first kappa shape index (κ1) is 14.7. The van der Waals surface area contributed by atoms with Crippen LogP contribution in [-0.4, -0.2) is 19.7 Å². The number of nitrogens with zero attached hydrogens (tertiary/aromatic N) is 4. The Kier molecular flexibility index (Phi) is 3.48. The standard InChI is InChI=1S/C15H15ClN4O2/c1-15(2,3)14-18-12(22-19-14)7-20-8-17-11-5-4-9(16)6-10(11)13(20)21/h4-6,8H,7H2,1-3H3. The average molecular weight is 319 g/mol. The van der Waals surface area contributed by atoms with Crippen LogP contribution < -0.4 is 5.56 Å². The van der Waals surface area contributed by atoms with Crippen molar-refractivity contribution in [1.29, 1.82) is 0 Å². The maximum Gasteiger partial charge on any atom is 0.261 e. The van der Waals surface area contributed by atoms with E-state index >= 15 is 0 Å². The highest BCUT2D eigenvalue weighted by atomic mass is 35.5. The lowest BCUT2D eigenvalue weighted by atomic mass is 9.96. The summed E-state index contributed by atoms with van der Waals surface area (Å²) in [5.74, 6) is 0.975. The summed E-state index contributed by atoms with van der Waals surface area (Å²) in [7, 11) is 0. The fraction of sp³-hybridized carbons (Fsp3) is 0.333. The summed E-state index contributed by atoms with van der Waals surface area (Å²) in [6.45, 7) is 6.16. The molecule has 1 aromatic carbocycles. The molecule has 0 aliphatic carbocycles. The van der Waals surface area contributed by atoms with Gasteiger partial charge in [-0.2, -0.15) is 4.98 Å². The van der Waals surface area contributed by atoms with Gasteiger partial charge in [-0.15, -0.1) is 0 Å². The van der Waals surface area contributed by atoms with Gasteiger partial charge < -0.3 is 4.52 Å². The second-order valence-electron chi connectivity index (χ2n) is 6.10. The Morgan fingerprint density at radius 1 is 1.32 bits per heavy atom. The molecule has 0 radical (unpaired) electrons. The predicted molar refractivity (Wildman–Crippen MR) is 83.1 cm³/mol. The minimum atomic E-state index is -0.206.